The van der Waals surface area contributed by atoms with Crippen LogP contribution in [0, 0.1) is 13.8 Å². The third-order valence-electron chi connectivity index (χ3n) is 6.14. The van der Waals surface area contributed by atoms with E-state index >= 15 is 0 Å². The molecule has 1 unspecified atom stereocenters. The number of carbonyl (C=O) groups is 1. The second-order valence-electron chi connectivity index (χ2n) is 8.37. The topological polar surface area (TPSA) is 68.2 Å². The number of hydrogen-bond acceptors (Lipinski definition) is 4. The van der Waals surface area contributed by atoms with Gasteiger partial charge < -0.3 is 15.4 Å². The van der Waals surface area contributed by atoms with Gasteiger partial charge in [0.05, 0.1) is 29.8 Å². The predicted octanol–water partition coefficient (Wildman–Crippen LogP) is 5.59. The molecule has 0 fully saturated rings. The third-order valence-corrected chi connectivity index (χ3v) is 6.14. The van der Waals surface area contributed by atoms with Crippen LogP contribution >= 0.6 is 0 Å². The highest BCUT2D eigenvalue weighted by atomic mass is 16.5. The summed E-state index contributed by atoms with van der Waals surface area (Å²) < 4.78 is 7.79. The standard InChI is InChI=1S/C27H26N4O2/c1-16-13-14-20(17(2)15-16)29-26(32)24-18(3)28-27-30-21-10-6-7-11-22(21)31(27)25(24)19-9-5-8-12-23(19)33-4/h5-15,25H,1-4H3,(H,28,30)(H,29,32). The zero-order chi connectivity index (χ0) is 23.1. The molecule has 6 nitrogen and oxygen atoms in total. The number of aromatic nitrogens is 2. The van der Waals surface area contributed by atoms with Crippen molar-refractivity contribution in [1.82, 2.24) is 9.55 Å². The van der Waals surface area contributed by atoms with Crippen LogP contribution in [0.4, 0.5) is 11.6 Å². The highest BCUT2D eigenvalue weighted by molar-refractivity contribution is 6.07. The van der Waals surface area contributed by atoms with Gasteiger partial charge in [-0.05, 0) is 50.6 Å². The summed E-state index contributed by atoms with van der Waals surface area (Å²) in [6.07, 6.45) is 0. The molecule has 0 aliphatic carbocycles. The number of ether oxygens (including phenoxy) is 1. The Morgan fingerprint density at radius 3 is 2.58 bits per heavy atom. The number of aryl methyl sites for hydroxylation is 2. The van der Waals surface area contributed by atoms with Crippen molar-refractivity contribution in [2.75, 3.05) is 17.7 Å². The number of carbonyl (C=O) groups excluding carboxylic acids is 1. The lowest BCUT2D eigenvalue weighted by Crippen LogP contribution is -2.31. The molecule has 4 aromatic rings. The smallest absolute Gasteiger partial charge is 0.255 e. The molecule has 3 aromatic carbocycles. The highest BCUT2D eigenvalue weighted by Gasteiger charge is 2.35. The lowest BCUT2D eigenvalue weighted by atomic mass is 9.93. The first-order valence-electron chi connectivity index (χ1n) is 10.9. The van der Waals surface area contributed by atoms with Crippen molar-refractivity contribution in [1.29, 1.82) is 0 Å². The van der Waals surface area contributed by atoms with Gasteiger partial charge in [0, 0.05) is 16.9 Å². The van der Waals surface area contributed by atoms with Crippen LogP contribution in [0.15, 0.2) is 78.0 Å². The minimum atomic E-state index is -0.407. The first kappa shape index (κ1) is 20.8. The normalized spacial score (nSPS) is 15.2. The molecule has 1 aromatic heterocycles. The van der Waals surface area contributed by atoms with E-state index in [1.165, 1.54) is 0 Å². The number of nitrogens with one attached hydrogen (secondary N) is 2. The van der Waals surface area contributed by atoms with Crippen molar-refractivity contribution < 1.29 is 9.53 Å². The van der Waals surface area contributed by atoms with Crippen LogP contribution in [0.5, 0.6) is 5.75 Å². The average Bonchev–Trinajstić information content (AvgIpc) is 3.17. The summed E-state index contributed by atoms with van der Waals surface area (Å²) in [4.78, 5) is 18.6. The third kappa shape index (κ3) is 3.53. The Kier molecular flexibility index (Phi) is 5.13. The van der Waals surface area contributed by atoms with Gasteiger partial charge in [0.2, 0.25) is 5.95 Å². The minimum absolute atomic E-state index is 0.161. The molecule has 0 spiro atoms. The maximum absolute atomic E-state index is 13.8. The molecule has 0 bridgehead atoms. The molecule has 5 rings (SSSR count). The van der Waals surface area contributed by atoms with Gasteiger partial charge in [0.25, 0.3) is 5.91 Å². The second kappa shape index (κ2) is 8.13. The molecule has 1 aliphatic heterocycles. The van der Waals surface area contributed by atoms with E-state index in [-0.39, 0.29) is 5.91 Å². The number of para-hydroxylation sites is 3. The highest BCUT2D eigenvalue weighted by Crippen LogP contribution is 2.42. The van der Waals surface area contributed by atoms with E-state index in [9.17, 15) is 4.79 Å². The van der Waals surface area contributed by atoms with Crippen molar-refractivity contribution in [3.63, 3.8) is 0 Å². The minimum Gasteiger partial charge on any atom is -0.496 e. The summed E-state index contributed by atoms with van der Waals surface area (Å²) in [5.74, 6) is 1.26. The largest absolute Gasteiger partial charge is 0.496 e. The Bertz CT molecular complexity index is 1420. The fourth-order valence-corrected chi connectivity index (χ4v) is 4.59. The zero-order valence-corrected chi connectivity index (χ0v) is 19.1. The molecule has 1 aliphatic rings. The molecule has 1 atom stereocenters. The van der Waals surface area contributed by atoms with E-state index < -0.39 is 6.04 Å². The van der Waals surface area contributed by atoms with Crippen molar-refractivity contribution >= 4 is 28.6 Å². The van der Waals surface area contributed by atoms with Crippen LogP contribution in [0.25, 0.3) is 11.0 Å². The van der Waals surface area contributed by atoms with Gasteiger partial charge in [-0.15, -0.1) is 0 Å². The maximum atomic E-state index is 13.8. The van der Waals surface area contributed by atoms with Gasteiger partial charge in [-0.3, -0.25) is 9.36 Å². The number of benzene rings is 3. The number of hydrogen-bond donors (Lipinski definition) is 2. The summed E-state index contributed by atoms with van der Waals surface area (Å²) in [6.45, 7) is 5.96. The average molecular weight is 439 g/mol. The van der Waals surface area contributed by atoms with E-state index in [2.05, 4.69) is 21.3 Å². The van der Waals surface area contributed by atoms with Gasteiger partial charge in [-0.25, -0.2) is 4.98 Å². The summed E-state index contributed by atoms with van der Waals surface area (Å²) >= 11 is 0. The Balaban J connectivity index is 1.69. The molecule has 6 heteroatoms. The number of rotatable bonds is 4. The van der Waals surface area contributed by atoms with E-state index in [0.29, 0.717) is 11.5 Å². The number of fused-ring (bicyclic) bond motifs is 3. The van der Waals surface area contributed by atoms with E-state index in [4.69, 9.17) is 9.72 Å². The monoisotopic (exact) mass is 438 g/mol. The first-order chi connectivity index (χ1) is 16.0. The molecular formula is C27H26N4O2. The van der Waals surface area contributed by atoms with Crippen molar-refractivity contribution in [3.05, 3.63) is 94.7 Å². The number of nitrogens with zero attached hydrogens (tertiary/aromatic N) is 2. The van der Waals surface area contributed by atoms with E-state index in [1.54, 1.807) is 7.11 Å². The SMILES string of the molecule is COc1ccccc1C1C(C(=O)Nc2ccc(C)cc2C)=C(C)Nc2nc3ccccc3n21. The van der Waals surface area contributed by atoms with E-state index in [1.807, 2.05) is 81.4 Å². The van der Waals surface area contributed by atoms with Crippen molar-refractivity contribution in [2.24, 2.45) is 0 Å². The summed E-state index contributed by atoms with van der Waals surface area (Å²) in [7, 11) is 1.65. The number of imidazole rings is 1. The van der Waals surface area contributed by atoms with Crippen molar-refractivity contribution in [2.45, 2.75) is 26.8 Å². The number of anilines is 2. The Hall–Kier alpha value is -4.06. The molecule has 0 saturated heterocycles. The van der Waals surface area contributed by atoms with Crippen LogP contribution in [0.2, 0.25) is 0 Å². The fraction of sp³-hybridized carbons (Fsp3) is 0.185. The van der Waals surface area contributed by atoms with E-state index in [0.717, 1.165) is 44.9 Å². The molecule has 0 saturated carbocycles. The van der Waals surface area contributed by atoms with Gasteiger partial charge in [-0.2, -0.15) is 0 Å². The molecule has 1 amide bonds. The second-order valence-corrected chi connectivity index (χ2v) is 8.37. The van der Waals surface area contributed by atoms with Gasteiger partial charge in [0.15, 0.2) is 0 Å². The quantitative estimate of drug-likeness (QED) is 0.436. The van der Waals surface area contributed by atoms with Crippen LogP contribution < -0.4 is 15.4 Å². The maximum Gasteiger partial charge on any atom is 0.255 e. The molecule has 166 valence electrons. The molecule has 2 N–H and O–H groups in total. The lowest BCUT2D eigenvalue weighted by Gasteiger charge is -2.31. The molecule has 0 radical (unpaired) electrons. The van der Waals surface area contributed by atoms with Crippen LogP contribution in [-0.4, -0.2) is 22.6 Å². The first-order valence-corrected chi connectivity index (χ1v) is 10.9. The number of methoxy groups -OCH3 is 1. The summed E-state index contributed by atoms with van der Waals surface area (Å²) in [5, 5.41) is 6.49. The molecule has 2 heterocycles. The van der Waals surface area contributed by atoms with Crippen LogP contribution in [0.1, 0.15) is 29.7 Å². The lowest BCUT2D eigenvalue weighted by molar-refractivity contribution is -0.113. The fourth-order valence-electron chi connectivity index (χ4n) is 4.59. The predicted molar refractivity (Wildman–Crippen MR) is 132 cm³/mol. The summed E-state index contributed by atoms with van der Waals surface area (Å²) in [6, 6.07) is 21.4. The Labute approximate surface area is 192 Å². The van der Waals surface area contributed by atoms with Crippen LogP contribution in [-0.2, 0) is 4.79 Å². The van der Waals surface area contributed by atoms with Gasteiger partial charge in [0.1, 0.15) is 5.75 Å². The number of allylic oxidation sites excluding steroid dienone is 1. The molecular weight excluding hydrogens is 412 g/mol. The van der Waals surface area contributed by atoms with Crippen LogP contribution in [0.3, 0.4) is 0 Å². The molecule has 33 heavy (non-hydrogen) atoms. The number of amides is 1. The Morgan fingerprint density at radius 1 is 1.03 bits per heavy atom. The van der Waals surface area contributed by atoms with Crippen molar-refractivity contribution in [3.8, 4) is 5.75 Å². The summed E-state index contributed by atoms with van der Waals surface area (Å²) in [5.41, 5.74) is 7.06. The Morgan fingerprint density at radius 2 is 1.79 bits per heavy atom. The van der Waals surface area contributed by atoms with Gasteiger partial charge in [-0.1, -0.05) is 48.0 Å². The zero-order valence-electron chi connectivity index (χ0n) is 19.1. The van der Waals surface area contributed by atoms with Gasteiger partial charge >= 0.3 is 0 Å².